The second-order valence-corrected chi connectivity index (χ2v) is 7.25. The maximum atomic E-state index is 13.0. The molecule has 5 nitrogen and oxygen atoms in total. The van der Waals surface area contributed by atoms with Crippen molar-refractivity contribution >= 4 is 5.91 Å². The Morgan fingerprint density at radius 2 is 1.64 bits per heavy atom. The first-order chi connectivity index (χ1) is 13.5. The van der Waals surface area contributed by atoms with E-state index in [1.165, 1.54) is 5.56 Å². The van der Waals surface area contributed by atoms with E-state index in [-0.39, 0.29) is 11.9 Å². The van der Waals surface area contributed by atoms with Gasteiger partial charge in [-0.3, -0.25) is 4.79 Å². The zero-order valence-electron chi connectivity index (χ0n) is 17.0. The summed E-state index contributed by atoms with van der Waals surface area (Å²) in [5, 5.41) is 4.08. The summed E-state index contributed by atoms with van der Waals surface area (Å²) in [6, 6.07) is 15.8. The summed E-state index contributed by atoms with van der Waals surface area (Å²) in [7, 11) is 0. The van der Waals surface area contributed by atoms with Crippen LogP contribution in [0.1, 0.15) is 47.6 Å². The molecule has 0 N–H and O–H groups in total. The van der Waals surface area contributed by atoms with Crippen LogP contribution in [0.15, 0.2) is 53.1 Å². The smallest absolute Gasteiger partial charge is 0.254 e. The molecule has 1 atom stereocenters. The monoisotopic (exact) mass is 377 g/mol. The van der Waals surface area contributed by atoms with Crippen molar-refractivity contribution in [1.29, 1.82) is 0 Å². The lowest BCUT2D eigenvalue weighted by atomic mass is 10.1. The maximum absolute atomic E-state index is 13.0. The summed E-state index contributed by atoms with van der Waals surface area (Å²) in [6.45, 7) is 8.75. The molecule has 0 bridgehead atoms. The average molecular weight is 377 g/mol. The molecule has 1 amide bonds. The van der Waals surface area contributed by atoms with Crippen molar-refractivity contribution in [2.75, 3.05) is 6.54 Å². The van der Waals surface area contributed by atoms with Gasteiger partial charge in [-0.2, -0.15) is 4.98 Å². The molecular weight excluding hydrogens is 350 g/mol. The molecule has 0 radical (unpaired) electrons. The third-order valence-corrected chi connectivity index (χ3v) is 5.03. The van der Waals surface area contributed by atoms with Gasteiger partial charge in [-0.15, -0.1) is 0 Å². The normalized spacial score (nSPS) is 12.0. The van der Waals surface area contributed by atoms with Crippen LogP contribution in [-0.2, 0) is 6.42 Å². The van der Waals surface area contributed by atoms with Crippen molar-refractivity contribution in [1.82, 2.24) is 15.0 Å². The minimum atomic E-state index is 0.0348. The Morgan fingerprint density at radius 1 is 1.04 bits per heavy atom. The number of amides is 1. The van der Waals surface area contributed by atoms with Crippen LogP contribution in [0.5, 0.6) is 0 Å². The van der Waals surface area contributed by atoms with Crippen molar-refractivity contribution in [3.05, 3.63) is 71.1 Å². The van der Waals surface area contributed by atoms with Gasteiger partial charge in [0.2, 0.25) is 11.7 Å². The van der Waals surface area contributed by atoms with E-state index in [1.54, 1.807) is 0 Å². The molecule has 0 spiro atoms. The Hall–Kier alpha value is -2.95. The Kier molecular flexibility index (Phi) is 6.24. The second kappa shape index (κ2) is 8.83. The predicted octanol–water partition coefficient (Wildman–Crippen LogP) is 4.84. The van der Waals surface area contributed by atoms with Gasteiger partial charge in [0.25, 0.3) is 5.91 Å². The molecule has 0 saturated heterocycles. The van der Waals surface area contributed by atoms with Crippen LogP contribution < -0.4 is 0 Å². The van der Waals surface area contributed by atoms with Gasteiger partial charge in [0.05, 0.1) is 0 Å². The number of aromatic nitrogens is 2. The maximum Gasteiger partial charge on any atom is 0.254 e. The molecule has 3 rings (SSSR count). The van der Waals surface area contributed by atoms with Crippen LogP contribution >= 0.6 is 0 Å². The molecule has 0 aliphatic heterocycles. The van der Waals surface area contributed by atoms with Crippen LogP contribution in [0.4, 0.5) is 0 Å². The van der Waals surface area contributed by atoms with Gasteiger partial charge in [-0.1, -0.05) is 59.6 Å². The molecule has 0 unspecified atom stereocenters. The molecule has 1 aromatic heterocycles. The third kappa shape index (κ3) is 4.66. The van der Waals surface area contributed by atoms with Gasteiger partial charge < -0.3 is 9.42 Å². The van der Waals surface area contributed by atoms with E-state index < -0.39 is 0 Å². The largest absolute Gasteiger partial charge is 0.339 e. The number of aryl methyl sites for hydroxylation is 2. The Labute approximate surface area is 166 Å². The van der Waals surface area contributed by atoms with Gasteiger partial charge in [0.15, 0.2) is 0 Å². The first-order valence-corrected chi connectivity index (χ1v) is 9.75. The number of nitrogens with zero attached hydrogens (tertiary/aromatic N) is 3. The van der Waals surface area contributed by atoms with Crippen LogP contribution in [0.2, 0.25) is 0 Å². The molecule has 5 heteroatoms. The summed E-state index contributed by atoms with van der Waals surface area (Å²) >= 11 is 0. The highest BCUT2D eigenvalue weighted by molar-refractivity contribution is 5.94. The molecule has 28 heavy (non-hydrogen) atoms. The fourth-order valence-electron chi connectivity index (χ4n) is 3.00. The van der Waals surface area contributed by atoms with E-state index in [4.69, 9.17) is 4.52 Å². The van der Waals surface area contributed by atoms with Gasteiger partial charge in [0.1, 0.15) is 0 Å². The summed E-state index contributed by atoms with van der Waals surface area (Å²) < 4.78 is 5.42. The molecular formula is C23H27N3O2. The second-order valence-electron chi connectivity index (χ2n) is 7.25. The van der Waals surface area contributed by atoms with E-state index >= 15 is 0 Å². The standard InChI is InChI=1S/C23H27N3O2/c1-5-18(4)26(23(27)20-12-8-17(3)9-13-20)15-14-21-24-22(25-28-21)19-10-6-16(2)7-11-19/h6-13,18H,5,14-15H2,1-4H3/t18-/m1/s1. The van der Waals surface area contributed by atoms with Crippen molar-refractivity contribution in [3.63, 3.8) is 0 Å². The summed E-state index contributed by atoms with van der Waals surface area (Å²) in [6.07, 6.45) is 1.41. The molecule has 0 saturated carbocycles. The quantitative estimate of drug-likeness (QED) is 0.591. The van der Waals surface area contributed by atoms with Crippen molar-refractivity contribution in [2.45, 2.75) is 46.6 Å². The lowest BCUT2D eigenvalue weighted by molar-refractivity contribution is 0.0686. The Morgan fingerprint density at radius 3 is 2.25 bits per heavy atom. The van der Waals surface area contributed by atoms with Crippen LogP contribution in [0, 0.1) is 13.8 Å². The minimum Gasteiger partial charge on any atom is -0.339 e. The van der Waals surface area contributed by atoms with E-state index in [9.17, 15) is 4.79 Å². The SMILES string of the molecule is CC[C@@H](C)N(CCc1nc(-c2ccc(C)cc2)no1)C(=O)c1ccc(C)cc1. The molecule has 0 aliphatic rings. The number of rotatable bonds is 7. The van der Waals surface area contributed by atoms with Crippen molar-refractivity contribution in [3.8, 4) is 11.4 Å². The first-order valence-electron chi connectivity index (χ1n) is 9.75. The van der Waals surface area contributed by atoms with Gasteiger partial charge in [0, 0.05) is 30.1 Å². The summed E-state index contributed by atoms with van der Waals surface area (Å²) in [4.78, 5) is 19.4. The van der Waals surface area contributed by atoms with Crippen LogP contribution in [-0.4, -0.2) is 33.5 Å². The Balaban J connectivity index is 1.71. The molecule has 0 fully saturated rings. The van der Waals surface area contributed by atoms with Gasteiger partial charge in [-0.05, 0) is 39.3 Å². The molecule has 2 aromatic carbocycles. The molecule has 0 aliphatic carbocycles. The van der Waals surface area contributed by atoms with Crippen molar-refractivity contribution < 1.29 is 9.32 Å². The number of hydrogen-bond donors (Lipinski definition) is 0. The fraction of sp³-hybridized carbons (Fsp3) is 0.348. The number of carbonyl (C=O) groups is 1. The van der Waals surface area contributed by atoms with E-state index in [0.29, 0.717) is 30.2 Å². The average Bonchev–Trinajstić information content (AvgIpc) is 3.17. The minimum absolute atomic E-state index is 0.0348. The lowest BCUT2D eigenvalue weighted by Gasteiger charge is -2.28. The van der Waals surface area contributed by atoms with Crippen molar-refractivity contribution in [2.24, 2.45) is 0 Å². The number of carbonyl (C=O) groups excluding carboxylic acids is 1. The first kappa shape index (κ1) is 19.8. The lowest BCUT2D eigenvalue weighted by Crippen LogP contribution is -2.39. The van der Waals surface area contributed by atoms with Gasteiger partial charge in [-0.25, -0.2) is 0 Å². The molecule has 1 heterocycles. The predicted molar refractivity (Wildman–Crippen MR) is 110 cm³/mol. The summed E-state index contributed by atoms with van der Waals surface area (Å²) in [5.74, 6) is 1.16. The highest BCUT2D eigenvalue weighted by atomic mass is 16.5. The van der Waals surface area contributed by atoms with E-state index in [0.717, 1.165) is 17.5 Å². The van der Waals surface area contributed by atoms with Gasteiger partial charge >= 0.3 is 0 Å². The molecule has 3 aromatic rings. The zero-order valence-corrected chi connectivity index (χ0v) is 17.0. The summed E-state index contributed by atoms with van der Waals surface area (Å²) in [5.41, 5.74) is 3.96. The fourth-order valence-corrected chi connectivity index (χ4v) is 3.00. The molecule has 146 valence electrons. The number of benzene rings is 2. The van der Waals surface area contributed by atoms with E-state index in [1.807, 2.05) is 67.3 Å². The zero-order chi connectivity index (χ0) is 20.1. The van der Waals surface area contributed by atoms with E-state index in [2.05, 4.69) is 24.0 Å². The highest BCUT2D eigenvalue weighted by Gasteiger charge is 2.21. The third-order valence-electron chi connectivity index (χ3n) is 5.03. The van der Waals surface area contributed by atoms with Crippen LogP contribution in [0.25, 0.3) is 11.4 Å². The Bertz CT molecular complexity index is 914. The van der Waals surface area contributed by atoms with Crippen LogP contribution in [0.3, 0.4) is 0 Å². The topological polar surface area (TPSA) is 59.2 Å². The highest BCUT2D eigenvalue weighted by Crippen LogP contribution is 2.18. The number of hydrogen-bond acceptors (Lipinski definition) is 4.